The summed E-state index contributed by atoms with van der Waals surface area (Å²) in [6.45, 7) is 0. The summed E-state index contributed by atoms with van der Waals surface area (Å²) in [4.78, 5) is 16.9. The highest BCUT2D eigenvalue weighted by atomic mass is 32.1. The summed E-state index contributed by atoms with van der Waals surface area (Å²) in [5, 5.41) is 3.39. The molecular formula is C16H12FN3OS. The molecule has 110 valence electrons. The fourth-order valence-corrected chi connectivity index (χ4v) is 2.83. The lowest BCUT2D eigenvalue weighted by atomic mass is 10.1. The normalized spacial score (nSPS) is 10.4. The van der Waals surface area contributed by atoms with E-state index in [1.165, 1.54) is 12.1 Å². The number of aromatic nitrogens is 1. The molecule has 0 aliphatic carbocycles. The van der Waals surface area contributed by atoms with Crippen LogP contribution in [0.1, 0.15) is 15.2 Å². The summed E-state index contributed by atoms with van der Waals surface area (Å²) in [7, 11) is 0. The van der Waals surface area contributed by atoms with E-state index < -0.39 is 0 Å². The summed E-state index contributed by atoms with van der Waals surface area (Å²) in [6.07, 6.45) is 0. The maximum Gasteiger partial charge on any atom is 0.206 e. The van der Waals surface area contributed by atoms with E-state index in [0.29, 0.717) is 21.3 Å². The molecule has 0 amide bonds. The number of nitrogens with one attached hydrogen (secondary N) is 1. The van der Waals surface area contributed by atoms with E-state index in [2.05, 4.69) is 10.3 Å². The summed E-state index contributed by atoms with van der Waals surface area (Å²) >= 11 is 1.14. The Morgan fingerprint density at radius 2 is 1.91 bits per heavy atom. The van der Waals surface area contributed by atoms with Crippen molar-refractivity contribution in [2.45, 2.75) is 0 Å². The molecule has 0 aliphatic heterocycles. The van der Waals surface area contributed by atoms with Crippen molar-refractivity contribution in [3.63, 3.8) is 0 Å². The lowest BCUT2D eigenvalue weighted by molar-refractivity contribution is 0.104. The molecule has 22 heavy (non-hydrogen) atoms. The molecule has 1 heterocycles. The highest BCUT2D eigenvalue weighted by Gasteiger charge is 2.17. The zero-order chi connectivity index (χ0) is 15.5. The highest BCUT2D eigenvalue weighted by Crippen LogP contribution is 2.29. The topological polar surface area (TPSA) is 68.0 Å². The minimum Gasteiger partial charge on any atom is -0.382 e. The van der Waals surface area contributed by atoms with Crippen molar-refractivity contribution in [2.75, 3.05) is 11.1 Å². The van der Waals surface area contributed by atoms with Crippen molar-refractivity contribution in [1.29, 1.82) is 0 Å². The zero-order valence-electron chi connectivity index (χ0n) is 11.4. The van der Waals surface area contributed by atoms with Crippen molar-refractivity contribution in [1.82, 2.24) is 4.98 Å². The van der Waals surface area contributed by atoms with Gasteiger partial charge in [-0.05, 0) is 18.2 Å². The fourth-order valence-electron chi connectivity index (χ4n) is 1.96. The van der Waals surface area contributed by atoms with Gasteiger partial charge in [0.15, 0.2) is 5.13 Å². The molecule has 0 spiro atoms. The van der Waals surface area contributed by atoms with Crippen LogP contribution in [0.5, 0.6) is 0 Å². The number of halogens is 1. The number of hydrogen-bond acceptors (Lipinski definition) is 5. The number of nitrogen functional groups attached to an aromatic ring is 1. The van der Waals surface area contributed by atoms with E-state index in [1.807, 2.05) is 6.07 Å². The Kier molecular flexibility index (Phi) is 3.84. The molecule has 0 radical (unpaired) electrons. The first-order valence-corrected chi connectivity index (χ1v) is 7.34. The third-order valence-corrected chi connectivity index (χ3v) is 3.96. The molecule has 0 fully saturated rings. The number of benzene rings is 2. The van der Waals surface area contributed by atoms with Gasteiger partial charge in [0.2, 0.25) is 5.78 Å². The number of nitrogens with two attached hydrogens (primary N) is 1. The molecule has 1 aromatic heterocycles. The summed E-state index contributed by atoms with van der Waals surface area (Å²) in [5.41, 5.74) is 6.93. The molecular weight excluding hydrogens is 301 g/mol. The second-order valence-corrected chi connectivity index (χ2v) is 5.56. The van der Waals surface area contributed by atoms with E-state index >= 15 is 0 Å². The molecule has 0 saturated carbocycles. The Labute approximate surface area is 130 Å². The maximum absolute atomic E-state index is 13.2. The van der Waals surface area contributed by atoms with E-state index in [-0.39, 0.29) is 17.4 Å². The van der Waals surface area contributed by atoms with Gasteiger partial charge in [-0.15, -0.1) is 0 Å². The van der Waals surface area contributed by atoms with E-state index in [9.17, 15) is 9.18 Å². The summed E-state index contributed by atoms with van der Waals surface area (Å²) in [6, 6.07) is 14.9. The fraction of sp³-hybridized carbons (Fsp3) is 0. The first-order valence-electron chi connectivity index (χ1n) is 6.52. The molecule has 0 atom stereocenters. The zero-order valence-corrected chi connectivity index (χ0v) is 12.2. The van der Waals surface area contributed by atoms with Gasteiger partial charge in [-0.2, -0.15) is 0 Å². The van der Waals surface area contributed by atoms with Crippen LogP contribution >= 0.6 is 11.3 Å². The molecule has 3 rings (SSSR count). The Bertz CT molecular complexity index is 817. The van der Waals surface area contributed by atoms with Crippen molar-refractivity contribution in [3.05, 3.63) is 70.9 Å². The number of carbonyl (C=O) groups is 1. The van der Waals surface area contributed by atoms with E-state index in [1.54, 1.807) is 36.4 Å². The third-order valence-electron chi connectivity index (χ3n) is 2.97. The number of anilines is 3. The molecule has 4 nitrogen and oxygen atoms in total. The van der Waals surface area contributed by atoms with Crippen LogP contribution in [-0.2, 0) is 0 Å². The van der Waals surface area contributed by atoms with Crippen LogP contribution in [0.3, 0.4) is 0 Å². The van der Waals surface area contributed by atoms with Crippen LogP contribution in [-0.4, -0.2) is 10.8 Å². The molecule has 0 bridgehead atoms. The second kappa shape index (κ2) is 5.95. The van der Waals surface area contributed by atoms with Crippen LogP contribution in [0.15, 0.2) is 54.6 Å². The molecule has 3 N–H and O–H groups in total. The minimum atomic E-state index is -0.352. The number of thiazole rings is 1. The monoisotopic (exact) mass is 313 g/mol. The number of rotatable bonds is 4. The third kappa shape index (κ3) is 2.96. The van der Waals surface area contributed by atoms with Gasteiger partial charge < -0.3 is 11.1 Å². The van der Waals surface area contributed by atoms with Crippen LogP contribution < -0.4 is 11.1 Å². The van der Waals surface area contributed by atoms with Gasteiger partial charge in [-0.25, -0.2) is 9.37 Å². The Balaban J connectivity index is 1.86. The van der Waals surface area contributed by atoms with Crippen LogP contribution in [0.25, 0.3) is 0 Å². The van der Waals surface area contributed by atoms with Crippen LogP contribution in [0.2, 0.25) is 0 Å². The van der Waals surface area contributed by atoms with Gasteiger partial charge in [-0.1, -0.05) is 47.7 Å². The van der Waals surface area contributed by atoms with Gasteiger partial charge in [0, 0.05) is 11.3 Å². The predicted octanol–water partition coefficient (Wildman–Crippen LogP) is 3.84. The Hall–Kier alpha value is -2.73. The number of ketones is 1. The van der Waals surface area contributed by atoms with Crippen molar-refractivity contribution in [3.8, 4) is 0 Å². The largest absolute Gasteiger partial charge is 0.382 e. The average molecular weight is 313 g/mol. The molecule has 2 aromatic carbocycles. The van der Waals surface area contributed by atoms with Gasteiger partial charge >= 0.3 is 0 Å². The van der Waals surface area contributed by atoms with Gasteiger partial charge in [0.05, 0.1) is 0 Å². The number of carbonyl (C=O) groups excluding carboxylic acids is 1. The molecule has 0 unspecified atom stereocenters. The molecule has 0 aliphatic rings. The van der Waals surface area contributed by atoms with E-state index in [4.69, 9.17) is 5.73 Å². The smallest absolute Gasteiger partial charge is 0.206 e. The molecule has 6 heteroatoms. The lowest BCUT2D eigenvalue weighted by Gasteiger charge is -2.01. The molecule has 3 aromatic rings. The van der Waals surface area contributed by atoms with Crippen LogP contribution in [0.4, 0.5) is 21.0 Å². The number of nitrogens with zero attached hydrogens (tertiary/aromatic N) is 1. The first kappa shape index (κ1) is 14.2. The quantitative estimate of drug-likeness (QED) is 0.718. The number of hydrogen-bond donors (Lipinski definition) is 2. The van der Waals surface area contributed by atoms with Crippen LogP contribution in [0, 0.1) is 5.82 Å². The first-order chi connectivity index (χ1) is 10.6. The Morgan fingerprint density at radius 1 is 1.14 bits per heavy atom. The van der Waals surface area contributed by atoms with Gasteiger partial charge in [-0.3, -0.25) is 4.79 Å². The highest BCUT2D eigenvalue weighted by molar-refractivity contribution is 7.18. The van der Waals surface area contributed by atoms with Gasteiger partial charge in [0.1, 0.15) is 16.5 Å². The summed E-state index contributed by atoms with van der Waals surface area (Å²) in [5.74, 6) is -0.365. The van der Waals surface area contributed by atoms with Gasteiger partial charge in [0.25, 0.3) is 0 Å². The van der Waals surface area contributed by atoms with Crippen molar-refractivity contribution < 1.29 is 9.18 Å². The summed E-state index contributed by atoms with van der Waals surface area (Å²) < 4.78 is 13.2. The second-order valence-electron chi connectivity index (χ2n) is 4.56. The molecule has 0 saturated heterocycles. The predicted molar refractivity (Wildman–Crippen MR) is 86.1 cm³/mol. The minimum absolute atomic E-state index is 0.165. The maximum atomic E-state index is 13.2. The average Bonchev–Trinajstić information content (AvgIpc) is 2.88. The van der Waals surface area contributed by atoms with Crippen molar-refractivity contribution in [2.24, 2.45) is 0 Å². The SMILES string of the molecule is Nc1nc(Nc2cccc(F)c2)sc1C(=O)c1ccccc1. The lowest BCUT2D eigenvalue weighted by Crippen LogP contribution is -2.02. The van der Waals surface area contributed by atoms with Crippen molar-refractivity contribution >= 4 is 33.8 Å². The Morgan fingerprint density at radius 3 is 2.64 bits per heavy atom. The van der Waals surface area contributed by atoms with E-state index in [0.717, 1.165) is 11.3 Å². The standard InChI is InChI=1S/C16H12FN3OS/c17-11-7-4-8-12(9-11)19-16-20-15(18)14(22-16)13(21)10-5-2-1-3-6-10/h1-9H,18H2,(H,19,20).